The highest BCUT2D eigenvalue weighted by Gasteiger charge is 2.16. The molecule has 1 saturated heterocycles. The van der Waals surface area contributed by atoms with E-state index in [2.05, 4.69) is 26.2 Å². The highest BCUT2D eigenvalue weighted by atomic mass is 79.9. The molecule has 5 nitrogen and oxygen atoms in total. The topological polar surface area (TPSA) is 62.3 Å². The number of piperidine rings is 1. The molecule has 2 heterocycles. The Kier molecular flexibility index (Phi) is 5.52. The SMILES string of the molecule is O=C(NCCC(=O)N1CCCCC1)c1cccnc1Br. The average Bonchev–Trinajstić information content (AvgIpc) is 2.48. The van der Waals surface area contributed by atoms with Gasteiger partial charge in [0.25, 0.3) is 5.91 Å². The number of nitrogens with one attached hydrogen (secondary N) is 1. The smallest absolute Gasteiger partial charge is 0.254 e. The molecule has 0 saturated carbocycles. The average molecular weight is 340 g/mol. The first-order chi connectivity index (χ1) is 9.68. The van der Waals surface area contributed by atoms with Crippen molar-refractivity contribution in [2.45, 2.75) is 25.7 Å². The first kappa shape index (κ1) is 15.0. The summed E-state index contributed by atoms with van der Waals surface area (Å²) in [6, 6.07) is 3.40. The summed E-state index contributed by atoms with van der Waals surface area (Å²) in [7, 11) is 0. The molecule has 0 bridgehead atoms. The molecule has 1 aliphatic rings. The van der Waals surface area contributed by atoms with Crippen molar-refractivity contribution < 1.29 is 9.59 Å². The number of halogens is 1. The lowest BCUT2D eigenvalue weighted by Crippen LogP contribution is -2.37. The molecule has 0 aliphatic carbocycles. The number of aromatic nitrogens is 1. The molecular formula is C14H18BrN3O2. The molecule has 20 heavy (non-hydrogen) atoms. The Hall–Kier alpha value is -1.43. The monoisotopic (exact) mass is 339 g/mol. The Morgan fingerprint density at radius 1 is 1.30 bits per heavy atom. The summed E-state index contributed by atoms with van der Waals surface area (Å²) in [5.41, 5.74) is 0.484. The van der Waals surface area contributed by atoms with Gasteiger partial charge in [-0.3, -0.25) is 9.59 Å². The number of hydrogen-bond donors (Lipinski definition) is 1. The van der Waals surface area contributed by atoms with Gasteiger partial charge in [-0.2, -0.15) is 0 Å². The second kappa shape index (κ2) is 7.38. The fourth-order valence-corrected chi connectivity index (χ4v) is 2.67. The van der Waals surface area contributed by atoms with Gasteiger partial charge in [0.1, 0.15) is 4.60 Å². The van der Waals surface area contributed by atoms with Crippen molar-refractivity contribution in [1.82, 2.24) is 15.2 Å². The zero-order chi connectivity index (χ0) is 14.4. The van der Waals surface area contributed by atoms with E-state index >= 15 is 0 Å². The first-order valence-corrected chi connectivity index (χ1v) is 7.64. The predicted octanol–water partition coefficient (Wildman–Crippen LogP) is 1.98. The molecule has 6 heteroatoms. The summed E-state index contributed by atoms with van der Waals surface area (Å²) in [4.78, 5) is 29.7. The van der Waals surface area contributed by atoms with Crippen LogP contribution in [-0.2, 0) is 4.79 Å². The maximum atomic E-state index is 11.9. The van der Waals surface area contributed by atoms with Crippen LogP contribution >= 0.6 is 15.9 Å². The van der Waals surface area contributed by atoms with Crippen molar-refractivity contribution in [3.63, 3.8) is 0 Å². The van der Waals surface area contributed by atoms with E-state index in [4.69, 9.17) is 0 Å². The van der Waals surface area contributed by atoms with E-state index in [1.807, 2.05) is 4.90 Å². The lowest BCUT2D eigenvalue weighted by molar-refractivity contribution is -0.131. The molecule has 1 N–H and O–H groups in total. The molecule has 108 valence electrons. The van der Waals surface area contributed by atoms with E-state index in [0.29, 0.717) is 23.1 Å². The molecule has 2 rings (SSSR count). The summed E-state index contributed by atoms with van der Waals surface area (Å²) in [6.45, 7) is 2.05. The molecule has 1 aromatic heterocycles. The molecule has 1 aliphatic heterocycles. The Balaban J connectivity index is 1.76. The Bertz CT molecular complexity index is 487. The normalized spacial score (nSPS) is 14.9. The quantitative estimate of drug-likeness (QED) is 0.853. The lowest BCUT2D eigenvalue weighted by Gasteiger charge is -2.26. The lowest BCUT2D eigenvalue weighted by atomic mass is 10.1. The molecule has 0 aromatic carbocycles. The van der Waals surface area contributed by atoms with E-state index in [1.165, 1.54) is 6.42 Å². The standard InChI is InChI=1S/C14H18BrN3O2/c15-13-11(5-4-7-16-13)14(20)17-8-6-12(19)18-9-2-1-3-10-18/h4-5,7H,1-3,6,8-10H2,(H,17,20). The van der Waals surface area contributed by atoms with Crippen LogP contribution in [0, 0.1) is 0 Å². The van der Waals surface area contributed by atoms with Crippen molar-refractivity contribution in [2.24, 2.45) is 0 Å². The number of likely N-dealkylation sites (tertiary alicyclic amines) is 1. The first-order valence-electron chi connectivity index (χ1n) is 6.85. The second-order valence-electron chi connectivity index (χ2n) is 4.79. The number of amides is 2. The van der Waals surface area contributed by atoms with Gasteiger partial charge in [-0.15, -0.1) is 0 Å². The van der Waals surface area contributed by atoms with Gasteiger partial charge in [-0.25, -0.2) is 4.98 Å². The van der Waals surface area contributed by atoms with Crippen molar-refractivity contribution in [1.29, 1.82) is 0 Å². The van der Waals surface area contributed by atoms with Gasteiger partial charge < -0.3 is 10.2 Å². The van der Waals surface area contributed by atoms with Crippen LogP contribution in [-0.4, -0.2) is 41.3 Å². The number of rotatable bonds is 4. The van der Waals surface area contributed by atoms with Crippen LogP contribution in [0.15, 0.2) is 22.9 Å². The van der Waals surface area contributed by atoms with Crippen LogP contribution in [0.1, 0.15) is 36.0 Å². The van der Waals surface area contributed by atoms with Crippen LogP contribution in [0.2, 0.25) is 0 Å². The number of pyridine rings is 1. The van der Waals surface area contributed by atoms with E-state index in [0.717, 1.165) is 25.9 Å². The van der Waals surface area contributed by atoms with E-state index in [9.17, 15) is 9.59 Å². The Morgan fingerprint density at radius 2 is 2.05 bits per heavy atom. The van der Waals surface area contributed by atoms with Gasteiger partial charge in [-0.05, 0) is 47.3 Å². The fraction of sp³-hybridized carbons (Fsp3) is 0.500. The van der Waals surface area contributed by atoms with Crippen LogP contribution in [0.25, 0.3) is 0 Å². The van der Waals surface area contributed by atoms with E-state index < -0.39 is 0 Å². The molecule has 1 aromatic rings. The number of carbonyl (C=O) groups is 2. The maximum Gasteiger partial charge on any atom is 0.254 e. The van der Waals surface area contributed by atoms with Crippen molar-refractivity contribution in [2.75, 3.05) is 19.6 Å². The third kappa shape index (κ3) is 4.03. The van der Waals surface area contributed by atoms with Crippen molar-refractivity contribution in [3.8, 4) is 0 Å². The second-order valence-corrected chi connectivity index (χ2v) is 5.54. The summed E-state index contributed by atoms with van der Waals surface area (Å²) < 4.78 is 0.514. The largest absolute Gasteiger partial charge is 0.351 e. The molecular weight excluding hydrogens is 322 g/mol. The molecule has 0 atom stereocenters. The van der Waals surface area contributed by atoms with Gasteiger partial charge in [-0.1, -0.05) is 0 Å². The van der Waals surface area contributed by atoms with E-state index in [1.54, 1.807) is 18.3 Å². The third-order valence-corrected chi connectivity index (χ3v) is 3.97. The summed E-state index contributed by atoms with van der Waals surface area (Å²) in [5, 5.41) is 2.75. The van der Waals surface area contributed by atoms with Crippen LogP contribution in [0.4, 0.5) is 0 Å². The van der Waals surface area contributed by atoms with Gasteiger partial charge in [0.2, 0.25) is 5.91 Å². The molecule has 0 unspecified atom stereocenters. The number of nitrogens with zero attached hydrogens (tertiary/aromatic N) is 2. The van der Waals surface area contributed by atoms with E-state index in [-0.39, 0.29) is 11.8 Å². The minimum atomic E-state index is -0.212. The highest BCUT2D eigenvalue weighted by Crippen LogP contribution is 2.12. The molecule has 2 amide bonds. The van der Waals surface area contributed by atoms with Gasteiger partial charge in [0.05, 0.1) is 5.56 Å². The maximum absolute atomic E-state index is 11.9. The summed E-state index contributed by atoms with van der Waals surface area (Å²) >= 11 is 3.23. The summed E-state index contributed by atoms with van der Waals surface area (Å²) in [6.07, 6.45) is 5.33. The number of hydrogen-bond acceptors (Lipinski definition) is 3. The zero-order valence-corrected chi connectivity index (χ0v) is 12.9. The third-order valence-electron chi connectivity index (χ3n) is 3.34. The van der Waals surface area contributed by atoms with Crippen LogP contribution in [0.3, 0.4) is 0 Å². The zero-order valence-electron chi connectivity index (χ0n) is 11.3. The van der Waals surface area contributed by atoms with Gasteiger partial charge >= 0.3 is 0 Å². The minimum Gasteiger partial charge on any atom is -0.351 e. The van der Waals surface area contributed by atoms with Gasteiger partial charge in [0.15, 0.2) is 0 Å². The Labute approximate surface area is 126 Å². The molecule has 1 fully saturated rings. The van der Waals surface area contributed by atoms with Gasteiger partial charge in [0, 0.05) is 32.3 Å². The number of carbonyl (C=O) groups excluding carboxylic acids is 2. The van der Waals surface area contributed by atoms with Crippen molar-refractivity contribution >= 4 is 27.7 Å². The van der Waals surface area contributed by atoms with Crippen LogP contribution in [0.5, 0.6) is 0 Å². The predicted molar refractivity (Wildman–Crippen MR) is 79.3 cm³/mol. The molecule has 0 spiro atoms. The van der Waals surface area contributed by atoms with Crippen molar-refractivity contribution in [3.05, 3.63) is 28.5 Å². The molecule has 0 radical (unpaired) electrons. The summed E-state index contributed by atoms with van der Waals surface area (Å²) in [5.74, 6) is -0.0910. The minimum absolute atomic E-state index is 0.121. The fourth-order valence-electron chi connectivity index (χ4n) is 2.24. The van der Waals surface area contributed by atoms with Crippen LogP contribution < -0.4 is 5.32 Å². The Morgan fingerprint density at radius 3 is 2.75 bits per heavy atom. The highest BCUT2D eigenvalue weighted by molar-refractivity contribution is 9.10.